The third-order valence-electron chi connectivity index (χ3n) is 3.60. The predicted molar refractivity (Wildman–Crippen MR) is 66.7 cm³/mol. The lowest BCUT2D eigenvalue weighted by Gasteiger charge is -2.34. The van der Waals surface area contributed by atoms with Crippen molar-refractivity contribution >= 4 is 11.6 Å². The molecule has 1 aliphatic heterocycles. The number of hydrogen-bond donors (Lipinski definition) is 1. The molecule has 0 radical (unpaired) electrons. The van der Waals surface area contributed by atoms with Crippen LogP contribution in [-0.2, 0) is 4.79 Å². The number of ether oxygens (including phenoxy) is 2. The minimum Gasteiger partial charge on any atom is -0.454 e. The van der Waals surface area contributed by atoms with Gasteiger partial charge in [0, 0.05) is 30.8 Å². The highest BCUT2D eigenvalue weighted by Crippen LogP contribution is 2.36. The normalized spacial score (nSPS) is 24.6. The van der Waals surface area contributed by atoms with Gasteiger partial charge in [-0.05, 0) is 25.0 Å². The van der Waals surface area contributed by atoms with E-state index in [0.29, 0.717) is 5.75 Å². The highest BCUT2D eigenvalue weighted by molar-refractivity contribution is 5.95. The molecule has 2 aliphatic rings. The van der Waals surface area contributed by atoms with Crippen LogP contribution in [0.15, 0.2) is 18.2 Å². The molecule has 5 heteroatoms. The summed E-state index contributed by atoms with van der Waals surface area (Å²) in [7, 11) is 1.78. The van der Waals surface area contributed by atoms with Crippen LogP contribution in [0.25, 0.3) is 0 Å². The second-order valence-corrected chi connectivity index (χ2v) is 4.86. The lowest BCUT2D eigenvalue weighted by Crippen LogP contribution is -2.45. The molecule has 1 aromatic carbocycles. The summed E-state index contributed by atoms with van der Waals surface area (Å²) in [5, 5.41) is 0. The Balaban J connectivity index is 1.76. The molecule has 1 heterocycles. The van der Waals surface area contributed by atoms with Gasteiger partial charge in [0.2, 0.25) is 12.7 Å². The maximum Gasteiger partial charge on any atom is 0.231 e. The van der Waals surface area contributed by atoms with Crippen molar-refractivity contribution < 1.29 is 14.3 Å². The highest BCUT2D eigenvalue weighted by atomic mass is 16.7. The third-order valence-corrected chi connectivity index (χ3v) is 3.60. The van der Waals surface area contributed by atoms with E-state index < -0.39 is 0 Å². The van der Waals surface area contributed by atoms with Gasteiger partial charge in [-0.1, -0.05) is 0 Å². The fourth-order valence-corrected chi connectivity index (χ4v) is 2.36. The Bertz CT molecular complexity index is 483. The van der Waals surface area contributed by atoms with Gasteiger partial charge in [0.05, 0.1) is 0 Å². The molecule has 1 fully saturated rings. The fraction of sp³-hybridized carbons (Fsp3) is 0.462. The van der Waals surface area contributed by atoms with E-state index in [4.69, 9.17) is 15.2 Å². The summed E-state index contributed by atoms with van der Waals surface area (Å²) in [4.78, 5) is 13.8. The average molecular weight is 248 g/mol. The molecule has 5 nitrogen and oxygen atoms in total. The number of rotatable bonds is 2. The second kappa shape index (κ2) is 4.17. The molecule has 1 amide bonds. The van der Waals surface area contributed by atoms with Crippen LogP contribution in [0.2, 0.25) is 0 Å². The van der Waals surface area contributed by atoms with Gasteiger partial charge in [-0.15, -0.1) is 0 Å². The first-order chi connectivity index (χ1) is 8.65. The molecule has 0 saturated heterocycles. The lowest BCUT2D eigenvalue weighted by molar-refractivity contribution is -0.124. The van der Waals surface area contributed by atoms with Crippen LogP contribution in [0, 0.1) is 5.92 Å². The van der Waals surface area contributed by atoms with E-state index >= 15 is 0 Å². The molecular weight excluding hydrogens is 232 g/mol. The summed E-state index contributed by atoms with van der Waals surface area (Å²) < 4.78 is 10.6. The Morgan fingerprint density at radius 2 is 2.06 bits per heavy atom. The Morgan fingerprint density at radius 1 is 1.33 bits per heavy atom. The monoisotopic (exact) mass is 248 g/mol. The number of fused-ring (bicyclic) bond motifs is 1. The number of hydrogen-bond acceptors (Lipinski definition) is 4. The van der Waals surface area contributed by atoms with E-state index in [9.17, 15) is 4.79 Å². The first kappa shape index (κ1) is 11.3. The van der Waals surface area contributed by atoms with Gasteiger partial charge >= 0.3 is 0 Å². The standard InChI is InChI=1S/C13H16N2O3/c1-15(13(16)8-4-9(14)5-8)10-2-3-11-12(6-10)18-7-17-11/h2-3,6,8-9H,4-5,7,14H2,1H3. The van der Waals surface area contributed by atoms with Crippen LogP contribution < -0.4 is 20.1 Å². The lowest BCUT2D eigenvalue weighted by atomic mass is 9.80. The first-order valence-corrected chi connectivity index (χ1v) is 6.08. The molecular formula is C13H16N2O3. The summed E-state index contributed by atoms with van der Waals surface area (Å²) in [6.07, 6.45) is 1.57. The van der Waals surface area contributed by atoms with E-state index in [1.807, 2.05) is 18.2 Å². The van der Waals surface area contributed by atoms with Gasteiger partial charge in [-0.25, -0.2) is 0 Å². The molecule has 2 N–H and O–H groups in total. The van der Waals surface area contributed by atoms with E-state index in [0.717, 1.165) is 24.3 Å². The Hall–Kier alpha value is -1.75. The van der Waals surface area contributed by atoms with Crippen molar-refractivity contribution in [1.82, 2.24) is 0 Å². The van der Waals surface area contributed by atoms with Crippen LogP contribution >= 0.6 is 0 Å². The summed E-state index contributed by atoms with van der Waals surface area (Å²) >= 11 is 0. The molecule has 1 aliphatic carbocycles. The number of carbonyl (C=O) groups is 1. The van der Waals surface area contributed by atoms with Crippen molar-refractivity contribution in [3.63, 3.8) is 0 Å². The third kappa shape index (κ3) is 1.80. The predicted octanol–water partition coefficient (Wildman–Crippen LogP) is 1.12. The molecule has 1 aromatic rings. The number of carbonyl (C=O) groups excluding carboxylic acids is 1. The second-order valence-electron chi connectivity index (χ2n) is 4.86. The van der Waals surface area contributed by atoms with Gasteiger partial charge in [0.25, 0.3) is 0 Å². The molecule has 3 rings (SSSR count). The molecule has 18 heavy (non-hydrogen) atoms. The highest BCUT2D eigenvalue weighted by Gasteiger charge is 2.34. The zero-order valence-corrected chi connectivity index (χ0v) is 10.3. The van der Waals surface area contributed by atoms with Crippen molar-refractivity contribution in [3.8, 4) is 11.5 Å². The van der Waals surface area contributed by atoms with Crippen LogP contribution in [0.4, 0.5) is 5.69 Å². The fourth-order valence-electron chi connectivity index (χ4n) is 2.36. The topological polar surface area (TPSA) is 64.8 Å². The number of benzene rings is 1. The largest absolute Gasteiger partial charge is 0.454 e. The smallest absolute Gasteiger partial charge is 0.231 e. The van der Waals surface area contributed by atoms with Gasteiger partial charge in [-0.2, -0.15) is 0 Å². The van der Waals surface area contributed by atoms with E-state index in [-0.39, 0.29) is 24.7 Å². The maximum atomic E-state index is 12.2. The number of nitrogens with two attached hydrogens (primary N) is 1. The van der Waals surface area contributed by atoms with Crippen LogP contribution in [0.3, 0.4) is 0 Å². The SMILES string of the molecule is CN(C(=O)C1CC(N)C1)c1ccc2c(c1)OCO2. The molecule has 1 saturated carbocycles. The van der Waals surface area contributed by atoms with E-state index in [1.165, 1.54) is 0 Å². The molecule has 0 aromatic heterocycles. The Kier molecular flexibility index (Phi) is 2.63. The van der Waals surface area contributed by atoms with Crippen molar-refractivity contribution in [2.24, 2.45) is 11.7 Å². The molecule has 0 unspecified atom stereocenters. The summed E-state index contributed by atoms with van der Waals surface area (Å²) in [6.45, 7) is 0.244. The van der Waals surface area contributed by atoms with Crippen LogP contribution in [0.1, 0.15) is 12.8 Å². The summed E-state index contributed by atoms with van der Waals surface area (Å²) in [5.41, 5.74) is 6.54. The minimum absolute atomic E-state index is 0.0652. The Labute approximate surface area is 105 Å². The molecule has 0 spiro atoms. The quantitative estimate of drug-likeness (QED) is 0.851. The zero-order chi connectivity index (χ0) is 12.7. The zero-order valence-electron chi connectivity index (χ0n) is 10.3. The molecule has 96 valence electrons. The minimum atomic E-state index is 0.0652. The van der Waals surface area contributed by atoms with Gasteiger partial charge < -0.3 is 20.1 Å². The van der Waals surface area contributed by atoms with Crippen molar-refractivity contribution in [3.05, 3.63) is 18.2 Å². The number of amides is 1. The van der Waals surface area contributed by atoms with Gasteiger partial charge in [0.15, 0.2) is 11.5 Å². The van der Waals surface area contributed by atoms with Crippen LogP contribution in [0.5, 0.6) is 11.5 Å². The maximum absolute atomic E-state index is 12.2. The van der Waals surface area contributed by atoms with Gasteiger partial charge in [0.1, 0.15) is 0 Å². The number of anilines is 1. The molecule has 0 atom stereocenters. The molecule has 0 bridgehead atoms. The number of nitrogens with zero attached hydrogens (tertiary/aromatic N) is 1. The summed E-state index contributed by atoms with van der Waals surface area (Å²) in [5.74, 6) is 1.61. The van der Waals surface area contributed by atoms with Crippen LogP contribution in [-0.4, -0.2) is 25.8 Å². The summed E-state index contributed by atoms with van der Waals surface area (Å²) in [6, 6.07) is 5.71. The van der Waals surface area contributed by atoms with Gasteiger partial charge in [-0.3, -0.25) is 4.79 Å². The van der Waals surface area contributed by atoms with Crippen molar-refractivity contribution in [2.45, 2.75) is 18.9 Å². The first-order valence-electron chi connectivity index (χ1n) is 6.08. The van der Waals surface area contributed by atoms with E-state index in [1.54, 1.807) is 11.9 Å². The average Bonchev–Trinajstić information content (AvgIpc) is 2.80. The van der Waals surface area contributed by atoms with Crippen molar-refractivity contribution in [1.29, 1.82) is 0 Å². The Morgan fingerprint density at radius 3 is 2.78 bits per heavy atom. The van der Waals surface area contributed by atoms with E-state index in [2.05, 4.69) is 0 Å². The van der Waals surface area contributed by atoms with Crippen molar-refractivity contribution in [2.75, 3.05) is 18.7 Å².